The Morgan fingerprint density at radius 3 is 2.35 bits per heavy atom. The minimum Gasteiger partial charge on any atom is -0.480 e. The molecule has 0 aliphatic rings. The van der Waals surface area contributed by atoms with Crippen LogP contribution in [-0.2, 0) is 18.9 Å². The minimum absolute atomic E-state index is 0.0781. The Morgan fingerprint density at radius 2 is 1.81 bits per heavy atom. The average molecular weight is 383 g/mol. The van der Waals surface area contributed by atoms with Crippen molar-refractivity contribution in [2.24, 2.45) is 0 Å². The van der Waals surface area contributed by atoms with Gasteiger partial charge in [0.2, 0.25) is 0 Å². The maximum absolute atomic E-state index is 13.1. The number of carbonyl (C=O) groups is 2. The van der Waals surface area contributed by atoms with Crippen LogP contribution in [0.15, 0.2) is 24.3 Å². The van der Waals surface area contributed by atoms with Gasteiger partial charge in [0.15, 0.2) is 0 Å². The number of carbonyl (C=O) groups excluding carboxylic acids is 1. The summed E-state index contributed by atoms with van der Waals surface area (Å²) in [6.45, 7) is 6.03. The van der Waals surface area contributed by atoms with Crippen LogP contribution in [0.4, 0.5) is 0 Å². The number of benzene rings is 1. The number of hydrogen-bond acceptors (Lipinski definition) is 6. The first-order valence-corrected chi connectivity index (χ1v) is 9.47. The third-order valence-corrected chi connectivity index (χ3v) is 4.92. The predicted molar refractivity (Wildman–Crippen MR) is 93.5 cm³/mol. The maximum atomic E-state index is 13.1. The Balaban J connectivity index is 3.05. The standard InChI is InChI=1S/C16H22N3O6P/c1-10(2)24-16(22)12(4)19-26(23,18-11(3)15(20)21)25-14-7-5-6-13(8-14)9-17/h5-8,10-12H,1-4H3,(H,20,21)(H2,18,19,23)/t11-,12-,26?/m0/s1. The molecule has 142 valence electrons. The first-order valence-electron chi connectivity index (χ1n) is 7.85. The molecule has 1 unspecified atom stereocenters. The summed E-state index contributed by atoms with van der Waals surface area (Å²) in [5.41, 5.74) is 0.271. The van der Waals surface area contributed by atoms with Gasteiger partial charge in [-0.2, -0.15) is 5.26 Å². The summed E-state index contributed by atoms with van der Waals surface area (Å²) in [4.78, 5) is 23.0. The summed E-state index contributed by atoms with van der Waals surface area (Å²) in [7, 11) is -4.03. The number of rotatable bonds is 9. The molecule has 0 radical (unpaired) electrons. The first kappa shape index (κ1) is 21.6. The van der Waals surface area contributed by atoms with Gasteiger partial charge in [-0.05, 0) is 45.9 Å². The lowest BCUT2D eigenvalue weighted by Gasteiger charge is -2.25. The summed E-state index contributed by atoms with van der Waals surface area (Å²) >= 11 is 0. The summed E-state index contributed by atoms with van der Waals surface area (Å²) in [6.07, 6.45) is -0.370. The van der Waals surface area contributed by atoms with Gasteiger partial charge in [0.05, 0.1) is 17.7 Å². The maximum Gasteiger partial charge on any atom is 0.391 e. The number of carboxylic acids is 1. The molecule has 1 aromatic rings. The molecule has 0 aliphatic carbocycles. The van der Waals surface area contributed by atoms with E-state index in [4.69, 9.17) is 19.6 Å². The molecule has 0 bridgehead atoms. The van der Waals surface area contributed by atoms with Crippen LogP contribution in [0.1, 0.15) is 33.3 Å². The van der Waals surface area contributed by atoms with Gasteiger partial charge in [-0.3, -0.25) is 9.59 Å². The lowest BCUT2D eigenvalue weighted by atomic mass is 10.2. The predicted octanol–water partition coefficient (Wildman–Crippen LogP) is 2.04. The van der Waals surface area contributed by atoms with Crippen molar-refractivity contribution in [3.63, 3.8) is 0 Å². The molecule has 10 heteroatoms. The van der Waals surface area contributed by atoms with Gasteiger partial charge in [0.1, 0.15) is 17.8 Å². The second-order valence-electron chi connectivity index (χ2n) is 5.81. The van der Waals surface area contributed by atoms with E-state index >= 15 is 0 Å². The number of esters is 1. The monoisotopic (exact) mass is 383 g/mol. The molecule has 0 heterocycles. The summed E-state index contributed by atoms with van der Waals surface area (Å²) in [5.74, 6) is -1.84. The van der Waals surface area contributed by atoms with Gasteiger partial charge in [-0.25, -0.2) is 14.7 Å². The Labute approximate surface area is 151 Å². The highest BCUT2D eigenvalue weighted by Gasteiger charge is 2.34. The van der Waals surface area contributed by atoms with Gasteiger partial charge in [0, 0.05) is 0 Å². The fourth-order valence-electron chi connectivity index (χ4n) is 1.81. The van der Waals surface area contributed by atoms with Crippen molar-refractivity contribution in [3.05, 3.63) is 29.8 Å². The largest absolute Gasteiger partial charge is 0.480 e. The fraction of sp³-hybridized carbons (Fsp3) is 0.438. The average Bonchev–Trinajstić information content (AvgIpc) is 2.53. The molecule has 0 amide bonds. The van der Waals surface area contributed by atoms with Gasteiger partial charge in [-0.15, -0.1) is 0 Å². The Hall–Kier alpha value is -2.40. The van der Waals surface area contributed by atoms with E-state index in [0.29, 0.717) is 0 Å². The van der Waals surface area contributed by atoms with E-state index in [2.05, 4.69) is 10.2 Å². The third-order valence-electron chi connectivity index (χ3n) is 3.00. The van der Waals surface area contributed by atoms with E-state index in [0.717, 1.165) is 0 Å². The number of ether oxygens (including phenoxy) is 1. The van der Waals surface area contributed by atoms with E-state index in [1.165, 1.54) is 38.1 Å². The third kappa shape index (κ3) is 6.84. The number of nitrogens with one attached hydrogen (secondary N) is 2. The molecule has 0 saturated heterocycles. The number of hydrogen-bond donors (Lipinski definition) is 3. The van der Waals surface area contributed by atoms with Crippen LogP contribution >= 0.6 is 7.67 Å². The van der Waals surface area contributed by atoms with Gasteiger partial charge >= 0.3 is 19.6 Å². The van der Waals surface area contributed by atoms with Crippen LogP contribution in [-0.4, -0.2) is 35.2 Å². The second kappa shape index (κ2) is 9.34. The highest BCUT2D eigenvalue weighted by molar-refractivity contribution is 7.55. The number of nitriles is 1. The number of carboxylic acid groups (broad SMARTS) is 1. The molecule has 9 nitrogen and oxygen atoms in total. The molecule has 0 spiro atoms. The molecule has 1 rings (SSSR count). The van der Waals surface area contributed by atoms with Crippen molar-refractivity contribution in [3.8, 4) is 11.8 Å². The molecule has 0 aliphatic heterocycles. The molecule has 26 heavy (non-hydrogen) atoms. The van der Waals surface area contributed by atoms with Crippen molar-refractivity contribution >= 4 is 19.6 Å². The molecular formula is C16H22N3O6P. The van der Waals surface area contributed by atoms with E-state index in [-0.39, 0.29) is 17.4 Å². The SMILES string of the molecule is CC(C)OC(=O)[C@H](C)NP(=O)(N[C@@H](C)C(=O)O)Oc1cccc(C#N)c1. The Morgan fingerprint density at radius 1 is 1.19 bits per heavy atom. The van der Waals surface area contributed by atoms with E-state index < -0.39 is 31.7 Å². The molecule has 3 atom stereocenters. The van der Waals surface area contributed by atoms with E-state index in [9.17, 15) is 14.2 Å². The number of nitrogens with zero attached hydrogens (tertiary/aromatic N) is 1. The summed E-state index contributed by atoms with van der Waals surface area (Å²) in [6, 6.07) is 5.52. The van der Waals surface area contributed by atoms with E-state index in [1.54, 1.807) is 13.8 Å². The first-order chi connectivity index (χ1) is 12.1. The lowest BCUT2D eigenvalue weighted by molar-refractivity contribution is -0.149. The minimum atomic E-state index is -4.03. The zero-order valence-corrected chi connectivity index (χ0v) is 15.8. The zero-order chi connectivity index (χ0) is 19.9. The van der Waals surface area contributed by atoms with E-state index in [1.807, 2.05) is 6.07 Å². The van der Waals surface area contributed by atoms with Crippen LogP contribution in [0.5, 0.6) is 5.75 Å². The van der Waals surface area contributed by atoms with Crippen LogP contribution in [0.25, 0.3) is 0 Å². The highest BCUT2D eigenvalue weighted by Crippen LogP contribution is 2.40. The molecule has 3 N–H and O–H groups in total. The molecule has 0 fully saturated rings. The van der Waals surface area contributed by atoms with Crippen LogP contribution < -0.4 is 14.7 Å². The normalized spacial score (nSPS) is 15.4. The topological polar surface area (TPSA) is 138 Å². The summed E-state index contributed by atoms with van der Waals surface area (Å²) in [5, 5.41) is 22.8. The molecule has 1 aromatic carbocycles. The van der Waals surface area contributed by atoms with Crippen molar-refractivity contribution in [2.75, 3.05) is 0 Å². The smallest absolute Gasteiger partial charge is 0.391 e. The van der Waals surface area contributed by atoms with Crippen molar-refractivity contribution in [2.45, 2.75) is 45.9 Å². The number of aliphatic carboxylic acids is 1. The van der Waals surface area contributed by atoms with Crippen molar-refractivity contribution in [1.29, 1.82) is 5.26 Å². The Kier molecular flexibility index (Phi) is 7.77. The lowest BCUT2D eigenvalue weighted by Crippen LogP contribution is -2.43. The van der Waals surface area contributed by atoms with Crippen molar-refractivity contribution < 1.29 is 28.5 Å². The highest BCUT2D eigenvalue weighted by atomic mass is 31.2. The second-order valence-corrected chi connectivity index (χ2v) is 7.61. The van der Waals surface area contributed by atoms with Crippen LogP contribution in [0.2, 0.25) is 0 Å². The zero-order valence-electron chi connectivity index (χ0n) is 14.9. The van der Waals surface area contributed by atoms with Gasteiger partial charge < -0.3 is 14.4 Å². The quantitative estimate of drug-likeness (QED) is 0.432. The molecular weight excluding hydrogens is 361 g/mol. The van der Waals surface area contributed by atoms with Crippen molar-refractivity contribution in [1.82, 2.24) is 10.2 Å². The Bertz CT molecular complexity index is 746. The summed E-state index contributed by atoms with van der Waals surface area (Å²) < 4.78 is 23.5. The van der Waals surface area contributed by atoms with Crippen LogP contribution in [0.3, 0.4) is 0 Å². The van der Waals surface area contributed by atoms with Gasteiger partial charge in [-0.1, -0.05) is 6.07 Å². The molecule has 0 aromatic heterocycles. The molecule has 0 saturated carbocycles. The van der Waals surface area contributed by atoms with Gasteiger partial charge in [0.25, 0.3) is 0 Å². The van der Waals surface area contributed by atoms with Crippen LogP contribution in [0, 0.1) is 11.3 Å². The fourth-order valence-corrected chi connectivity index (χ4v) is 3.64.